The van der Waals surface area contributed by atoms with Crippen LogP contribution in [0, 0.1) is 0 Å². The van der Waals surface area contributed by atoms with Gasteiger partial charge in [0.15, 0.2) is 0 Å². The van der Waals surface area contributed by atoms with Crippen molar-refractivity contribution in [1.29, 1.82) is 0 Å². The van der Waals surface area contributed by atoms with Crippen LogP contribution in [-0.4, -0.2) is 61.1 Å². The average Bonchev–Trinajstić information content (AvgIpc) is 2.79. The summed E-state index contributed by atoms with van der Waals surface area (Å²) in [4.78, 5) is 27.0. The van der Waals surface area contributed by atoms with Crippen molar-refractivity contribution in [2.75, 3.05) is 44.6 Å². The fourth-order valence-electron chi connectivity index (χ4n) is 3.65. The Hall–Kier alpha value is -2.90. The number of phenols is 1. The van der Waals surface area contributed by atoms with E-state index in [1.54, 1.807) is 36.4 Å². The molecule has 2 aromatic carbocycles. The van der Waals surface area contributed by atoms with Crippen LogP contribution in [0.3, 0.4) is 0 Å². The maximum atomic E-state index is 12.4. The van der Waals surface area contributed by atoms with Crippen molar-refractivity contribution in [3.8, 4) is 5.75 Å². The third kappa shape index (κ3) is 8.03. The number of carbonyl (C=O) groups is 2. The van der Waals surface area contributed by atoms with E-state index >= 15 is 0 Å². The molecular weight excluding hydrogens is 392 g/mol. The minimum Gasteiger partial charge on any atom is -0.508 e. The Bertz CT molecular complexity index is 848. The molecule has 0 radical (unpaired) electrons. The minimum absolute atomic E-state index is 0.125. The summed E-state index contributed by atoms with van der Waals surface area (Å²) in [5.41, 5.74) is 2.23. The van der Waals surface area contributed by atoms with Crippen molar-refractivity contribution in [2.45, 2.75) is 25.7 Å². The van der Waals surface area contributed by atoms with Crippen molar-refractivity contribution in [3.63, 3.8) is 0 Å². The van der Waals surface area contributed by atoms with E-state index in [4.69, 9.17) is 0 Å². The number of nitrogens with zero attached hydrogens (tertiary/aromatic N) is 1. The Morgan fingerprint density at radius 3 is 2.52 bits per heavy atom. The fraction of sp³-hybridized carbons (Fsp3) is 0.417. The average molecular weight is 425 g/mol. The van der Waals surface area contributed by atoms with Crippen LogP contribution in [-0.2, 0) is 11.2 Å². The molecule has 4 N–H and O–H groups in total. The zero-order valence-electron chi connectivity index (χ0n) is 17.9. The van der Waals surface area contributed by atoms with Crippen LogP contribution in [0.15, 0.2) is 48.5 Å². The Labute approximate surface area is 183 Å². The molecule has 1 aliphatic heterocycles. The molecule has 2 aromatic rings. The SMILES string of the molecule is O=C(CNCCc1ccc(O)cc1)Nc1cccc(C(=O)NCCN2CCCCC2)c1. The zero-order valence-corrected chi connectivity index (χ0v) is 17.9. The topological polar surface area (TPSA) is 93.7 Å². The van der Waals surface area contributed by atoms with E-state index in [-0.39, 0.29) is 24.1 Å². The maximum Gasteiger partial charge on any atom is 0.251 e. The second kappa shape index (κ2) is 12.1. The van der Waals surface area contributed by atoms with Crippen LogP contribution in [0.1, 0.15) is 35.2 Å². The van der Waals surface area contributed by atoms with Crippen LogP contribution in [0.5, 0.6) is 5.75 Å². The highest BCUT2D eigenvalue weighted by Crippen LogP contribution is 2.12. The van der Waals surface area contributed by atoms with Gasteiger partial charge in [-0.25, -0.2) is 0 Å². The summed E-state index contributed by atoms with van der Waals surface area (Å²) in [6.07, 6.45) is 4.54. The molecule has 0 aromatic heterocycles. The van der Waals surface area contributed by atoms with Crippen LogP contribution < -0.4 is 16.0 Å². The molecule has 7 heteroatoms. The van der Waals surface area contributed by atoms with Gasteiger partial charge in [-0.15, -0.1) is 0 Å². The zero-order chi connectivity index (χ0) is 21.9. The molecule has 1 heterocycles. The van der Waals surface area contributed by atoms with Crippen molar-refractivity contribution in [3.05, 3.63) is 59.7 Å². The molecule has 0 spiro atoms. The van der Waals surface area contributed by atoms with Gasteiger partial charge in [-0.1, -0.05) is 24.6 Å². The Morgan fingerprint density at radius 2 is 1.74 bits per heavy atom. The standard InChI is InChI=1S/C24H32N4O3/c29-22-9-7-19(8-10-22)11-12-25-18-23(30)27-21-6-4-5-20(17-21)24(31)26-13-16-28-14-2-1-3-15-28/h4-10,17,25,29H,1-3,11-16,18H2,(H,26,31)(H,27,30). The fourth-order valence-corrected chi connectivity index (χ4v) is 3.65. The lowest BCUT2D eigenvalue weighted by Crippen LogP contribution is -2.37. The number of aromatic hydroxyl groups is 1. The largest absolute Gasteiger partial charge is 0.508 e. The van der Waals surface area contributed by atoms with Gasteiger partial charge >= 0.3 is 0 Å². The number of anilines is 1. The highest BCUT2D eigenvalue weighted by molar-refractivity contribution is 5.97. The lowest BCUT2D eigenvalue weighted by molar-refractivity contribution is -0.115. The van der Waals surface area contributed by atoms with E-state index in [0.717, 1.165) is 31.6 Å². The smallest absolute Gasteiger partial charge is 0.251 e. The Kier molecular flexibility index (Phi) is 8.87. The first-order chi connectivity index (χ1) is 15.1. The molecule has 0 atom stereocenters. The summed E-state index contributed by atoms with van der Waals surface area (Å²) in [7, 11) is 0. The molecule has 7 nitrogen and oxygen atoms in total. The van der Waals surface area contributed by atoms with Crippen LogP contribution in [0.25, 0.3) is 0 Å². The van der Waals surface area contributed by atoms with Gasteiger partial charge in [0, 0.05) is 24.3 Å². The van der Waals surface area contributed by atoms with Crippen molar-refractivity contribution in [1.82, 2.24) is 15.5 Å². The van der Waals surface area contributed by atoms with Gasteiger partial charge in [0.05, 0.1) is 6.54 Å². The number of nitrogens with one attached hydrogen (secondary N) is 3. The number of likely N-dealkylation sites (tertiary alicyclic amines) is 1. The van der Waals surface area contributed by atoms with Gasteiger partial charge in [-0.05, 0) is 74.8 Å². The van der Waals surface area contributed by atoms with Crippen LogP contribution >= 0.6 is 0 Å². The minimum atomic E-state index is -0.159. The molecule has 31 heavy (non-hydrogen) atoms. The Morgan fingerprint density at radius 1 is 0.968 bits per heavy atom. The van der Waals surface area contributed by atoms with Gasteiger partial charge in [0.1, 0.15) is 5.75 Å². The van der Waals surface area contributed by atoms with Gasteiger partial charge in [0.2, 0.25) is 5.91 Å². The van der Waals surface area contributed by atoms with Gasteiger partial charge in [0.25, 0.3) is 5.91 Å². The van der Waals surface area contributed by atoms with E-state index in [9.17, 15) is 14.7 Å². The second-order valence-corrected chi connectivity index (χ2v) is 7.88. The Balaban J connectivity index is 1.36. The first-order valence-corrected chi connectivity index (χ1v) is 11.0. The molecule has 0 bridgehead atoms. The van der Waals surface area contributed by atoms with E-state index < -0.39 is 0 Å². The predicted octanol–water partition coefficient (Wildman–Crippen LogP) is 2.38. The number of carbonyl (C=O) groups excluding carboxylic acids is 2. The lowest BCUT2D eigenvalue weighted by Gasteiger charge is -2.26. The molecule has 0 unspecified atom stereocenters. The number of piperidine rings is 1. The van der Waals surface area contributed by atoms with E-state index in [1.807, 2.05) is 12.1 Å². The summed E-state index contributed by atoms with van der Waals surface area (Å²) < 4.78 is 0. The first kappa shape index (κ1) is 22.8. The number of rotatable bonds is 10. The number of hydrogen-bond donors (Lipinski definition) is 4. The molecular formula is C24H32N4O3. The predicted molar refractivity (Wildman–Crippen MR) is 122 cm³/mol. The number of amides is 2. The molecule has 2 amide bonds. The number of hydrogen-bond acceptors (Lipinski definition) is 5. The van der Waals surface area contributed by atoms with Crippen LogP contribution in [0.4, 0.5) is 5.69 Å². The molecule has 1 aliphatic rings. The third-order valence-electron chi connectivity index (χ3n) is 5.38. The molecule has 0 aliphatic carbocycles. The van der Waals surface area contributed by atoms with E-state index in [2.05, 4.69) is 20.9 Å². The maximum absolute atomic E-state index is 12.4. The van der Waals surface area contributed by atoms with Crippen LogP contribution in [0.2, 0.25) is 0 Å². The summed E-state index contributed by atoms with van der Waals surface area (Å²) >= 11 is 0. The lowest BCUT2D eigenvalue weighted by atomic mass is 10.1. The quantitative estimate of drug-likeness (QED) is 0.440. The summed E-state index contributed by atoms with van der Waals surface area (Å²) in [5.74, 6) is -0.0394. The normalized spacial score (nSPS) is 14.2. The highest BCUT2D eigenvalue weighted by atomic mass is 16.3. The summed E-state index contributed by atoms with van der Waals surface area (Å²) in [6.45, 7) is 4.56. The number of phenolic OH excluding ortho intramolecular Hbond substituents is 1. The van der Waals surface area contributed by atoms with Crippen molar-refractivity contribution in [2.24, 2.45) is 0 Å². The molecule has 0 saturated carbocycles. The van der Waals surface area contributed by atoms with Crippen molar-refractivity contribution >= 4 is 17.5 Å². The van der Waals surface area contributed by atoms with Gasteiger partial charge < -0.3 is 26.0 Å². The monoisotopic (exact) mass is 424 g/mol. The van der Waals surface area contributed by atoms with E-state index in [0.29, 0.717) is 24.3 Å². The summed E-state index contributed by atoms with van der Waals surface area (Å²) in [6, 6.07) is 14.0. The number of benzene rings is 2. The second-order valence-electron chi connectivity index (χ2n) is 7.88. The van der Waals surface area contributed by atoms with Gasteiger partial charge in [-0.2, -0.15) is 0 Å². The van der Waals surface area contributed by atoms with Gasteiger partial charge in [-0.3, -0.25) is 9.59 Å². The van der Waals surface area contributed by atoms with Crippen molar-refractivity contribution < 1.29 is 14.7 Å². The molecule has 1 saturated heterocycles. The first-order valence-electron chi connectivity index (χ1n) is 11.0. The molecule has 3 rings (SSSR count). The molecule has 1 fully saturated rings. The highest BCUT2D eigenvalue weighted by Gasteiger charge is 2.11. The molecule has 166 valence electrons. The van der Waals surface area contributed by atoms with E-state index in [1.165, 1.54) is 19.3 Å². The summed E-state index contributed by atoms with van der Waals surface area (Å²) in [5, 5.41) is 18.2. The third-order valence-corrected chi connectivity index (χ3v) is 5.38.